The normalized spacial score (nSPS) is 15.2. The van der Waals surface area contributed by atoms with Crippen LogP contribution in [0.2, 0.25) is 0 Å². The van der Waals surface area contributed by atoms with Crippen LogP contribution in [-0.4, -0.2) is 19.3 Å². The number of benzene rings is 2. The monoisotopic (exact) mass is 435 g/mol. The lowest BCUT2D eigenvalue weighted by molar-refractivity contribution is 0.0981. The number of aryl methyl sites for hydroxylation is 1. The van der Waals surface area contributed by atoms with Crippen LogP contribution in [-0.2, 0) is 21.9 Å². The molecular weight excluding hydrogens is 410 g/mol. The fourth-order valence-corrected chi connectivity index (χ4v) is 5.10. The number of nitrogen functional groups attached to an aromatic ring is 1. The van der Waals surface area contributed by atoms with Crippen LogP contribution in [0.3, 0.4) is 0 Å². The van der Waals surface area contributed by atoms with Crippen molar-refractivity contribution < 1.29 is 13.2 Å². The van der Waals surface area contributed by atoms with Crippen LogP contribution in [0.4, 0.5) is 5.69 Å². The van der Waals surface area contributed by atoms with Crippen molar-refractivity contribution in [2.45, 2.75) is 43.4 Å². The molecule has 3 N–H and O–H groups in total. The van der Waals surface area contributed by atoms with E-state index in [9.17, 15) is 13.2 Å². The number of pyridine rings is 1. The maximum absolute atomic E-state index is 13.2. The van der Waals surface area contributed by atoms with Crippen molar-refractivity contribution in [3.05, 3.63) is 77.5 Å². The number of carbonyl (C=O) groups excluding carboxylic acids is 1. The van der Waals surface area contributed by atoms with E-state index >= 15 is 0 Å². The van der Waals surface area contributed by atoms with Crippen LogP contribution in [0.25, 0.3) is 11.3 Å². The van der Waals surface area contributed by atoms with E-state index in [-0.39, 0.29) is 15.9 Å². The Kier molecular flexibility index (Phi) is 5.31. The third kappa shape index (κ3) is 4.18. The van der Waals surface area contributed by atoms with E-state index in [1.165, 1.54) is 18.2 Å². The van der Waals surface area contributed by atoms with Crippen LogP contribution in [0.15, 0.2) is 65.6 Å². The van der Waals surface area contributed by atoms with E-state index < -0.39 is 15.9 Å². The second kappa shape index (κ2) is 7.81. The van der Waals surface area contributed by atoms with Gasteiger partial charge in [0, 0.05) is 22.4 Å². The minimum atomic E-state index is -4.08. The molecule has 1 amide bonds. The highest BCUT2D eigenvalue weighted by molar-refractivity contribution is 7.90. The first-order valence-corrected chi connectivity index (χ1v) is 11.7. The number of fused-ring (bicyclic) bond motifs is 1. The van der Waals surface area contributed by atoms with Crippen molar-refractivity contribution >= 4 is 21.6 Å². The van der Waals surface area contributed by atoms with Crippen LogP contribution in [0.5, 0.6) is 0 Å². The first-order valence-electron chi connectivity index (χ1n) is 10.2. The summed E-state index contributed by atoms with van der Waals surface area (Å²) in [7, 11) is -4.08. The minimum absolute atomic E-state index is 0.0610. The Labute approximate surface area is 182 Å². The summed E-state index contributed by atoms with van der Waals surface area (Å²) in [6.07, 6.45) is 2.81. The lowest BCUT2D eigenvalue weighted by Crippen LogP contribution is -2.32. The Morgan fingerprint density at radius 2 is 1.81 bits per heavy atom. The van der Waals surface area contributed by atoms with Crippen LogP contribution >= 0.6 is 0 Å². The van der Waals surface area contributed by atoms with Gasteiger partial charge in [-0.2, -0.15) is 0 Å². The molecule has 3 aromatic rings. The molecule has 1 aromatic heterocycles. The first-order chi connectivity index (χ1) is 14.7. The number of nitrogens with one attached hydrogen (secondary N) is 1. The van der Waals surface area contributed by atoms with E-state index in [1.807, 2.05) is 30.3 Å². The SMILES string of the molecule is CC1(C)CCCc2cc(C(=O)NS(=O)(=O)c3cccc(N)c3)c(-c3ccccc3)nc21. The molecule has 0 unspecified atom stereocenters. The molecule has 1 heterocycles. The van der Waals surface area contributed by atoms with Gasteiger partial charge in [-0.15, -0.1) is 0 Å². The number of hydrogen-bond donors (Lipinski definition) is 2. The zero-order chi connectivity index (χ0) is 22.2. The smallest absolute Gasteiger partial charge is 0.267 e. The van der Waals surface area contributed by atoms with Gasteiger partial charge in [0.15, 0.2) is 0 Å². The fraction of sp³-hybridized carbons (Fsp3) is 0.250. The van der Waals surface area contributed by atoms with Gasteiger partial charge >= 0.3 is 0 Å². The molecule has 1 aliphatic carbocycles. The number of aromatic nitrogens is 1. The Morgan fingerprint density at radius 3 is 2.52 bits per heavy atom. The summed E-state index contributed by atoms with van der Waals surface area (Å²) in [6, 6.07) is 17.0. The van der Waals surface area contributed by atoms with E-state index in [1.54, 1.807) is 12.1 Å². The molecule has 0 bridgehead atoms. The molecule has 0 radical (unpaired) electrons. The molecule has 0 aliphatic heterocycles. The Bertz CT molecular complexity index is 1250. The largest absolute Gasteiger partial charge is 0.399 e. The van der Waals surface area contributed by atoms with E-state index in [0.717, 1.165) is 36.1 Å². The fourth-order valence-electron chi connectivity index (χ4n) is 4.08. The highest BCUT2D eigenvalue weighted by Crippen LogP contribution is 2.38. The van der Waals surface area contributed by atoms with Crippen molar-refractivity contribution in [3.63, 3.8) is 0 Å². The van der Waals surface area contributed by atoms with Gasteiger partial charge in [-0.3, -0.25) is 9.78 Å². The molecule has 0 spiro atoms. The molecule has 31 heavy (non-hydrogen) atoms. The number of carbonyl (C=O) groups is 1. The summed E-state index contributed by atoms with van der Waals surface area (Å²) in [5.41, 5.74) is 9.35. The summed E-state index contributed by atoms with van der Waals surface area (Å²) in [5, 5.41) is 0. The third-order valence-electron chi connectivity index (χ3n) is 5.68. The number of nitrogens with zero attached hydrogens (tertiary/aromatic N) is 1. The quantitative estimate of drug-likeness (QED) is 0.602. The van der Waals surface area contributed by atoms with Gasteiger partial charge in [-0.25, -0.2) is 13.1 Å². The summed E-state index contributed by atoms with van der Waals surface area (Å²) in [4.78, 5) is 18.0. The Morgan fingerprint density at radius 1 is 1.06 bits per heavy atom. The molecule has 1 aliphatic rings. The van der Waals surface area contributed by atoms with Crippen LogP contribution in [0, 0.1) is 0 Å². The van der Waals surface area contributed by atoms with Gasteiger partial charge in [-0.1, -0.05) is 50.2 Å². The van der Waals surface area contributed by atoms with Crippen LogP contribution < -0.4 is 10.5 Å². The maximum Gasteiger partial charge on any atom is 0.267 e. The van der Waals surface area contributed by atoms with Gasteiger partial charge < -0.3 is 5.73 Å². The van der Waals surface area contributed by atoms with Gasteiger partial charge in [-0.05, 0) is 49.1 Å². The Balaban J connectivity index is 1.81. The second-order valence-electron chi connectivity index (χ2n) is 8.50. The molecule has 0 fully saturated rings. The summed E-state index contributed by atoms with van der Waals surface area (Å²) >= 11 is 0. The van der Waals surface area contributed by atoms with Crippen molar-refractivity contribution in [1.29, 1.82) is 0 Å². The van der Waals surface area contributed by atoms with Gasteiger partial charge in [0.25, 0.3) is 15.9 Å². The second-order valence-corrected chi connectivity index (χ2v) is 10.2. The first kappa shape index (κ1) is 21.1. The summed E-state index contributed by atoms with van der Waals surface area (Å²) in [6.45, 7) is 4.30. The molecular formula is C24H25N3O3S. The average molecular weight is 436 g/mol. The molecule has 0 saturated carbocycles. The third-order valence-corrected chi connectivity index (χ3v) is 7.01. The number of sulfonamides is 1. The van der Waals surface area contributed by atoms with Crippen molar-refractivity contribution in [3.8, 4) is 11.3 Å². The number of anilines is 1. The molecule has 2 aromatic carbocycles. The van der Waals surface area contributed by atoms with Crippen molar-refractivity contribution in [1.82, 2.24) is 9.71 Å². The molecule has 7 heteroatoms. The van der Waals surface area contributed by atoms with Crippen molar-refractivity contribution in [2.24, 2.45) is 0 Å². The highest BCUT2D eigenvalue weighted by atomic mass is 32.2. The molecule has 0 atom stereocenters. The van der Waals surface area contributed by atoms with E-state index in [2.05, 4.69) is 18.6 Å². The lowest BCUT2D eigenvalue weighted by atomic mass is 9.75. The zero-order valence-electron chi connectivity index (χ0n) is 17.6. The number of rotatable bonds is 4. The summed E-state index contributed by atoms with van der Waals surface area (Å²) in [5.74, 6) is -0.708. The molecule has 160 valence electrons. The minimum Gasteiger partial charge on any atom is -0.399 e. The standard InChI is InChI=1S/C24H25N3O3S/c1-24(2)13-7-10-17-14-20(21(26-22(17)24)16-8-4-3-5-9-16)23(28)27-31(29,30)19-12-6-11-18(25)15-19/h3-6,8-9,11-12,14-15H,7,10,13,25H2,1-2H3,(H,27,28). The molecule has 0 saturated heterocycles. The molecule has 6 nitrogen and oxygen atoms in total. The number of hydrogen-bond acceptors (Lipinski definition) is 5. The number of nitrogens with two attached hydrogens (primary N) is 1. The Hall–Kier alpha value is -3.19. The van der Waals surface area contributed by atoms with Crippen molar-refractivity contribution in [2.75, 3.05) is 5.73 Å². The topological polar surface area (TPSA) is 102 Å². The maximum atomic E-state index is 13.2. The highest BCUT2D eigenvalue weighted by Gasteiger charge is 2.32. The predicted octanol–water partition coefficient (Wildman–Crippen LogP) is 4.06. The zero-order valence-corrected chi connectivity index (χ0v) is 18.4. The van der Waals surface area contributed by atoms with Gasteiger partial charge in [0.05, 0.1) is 16.2 Å². The summed E-state index contributed by atoms with van der Waals surface area (Å²) < 4.78 is 27.8. The predicted molar refractivity (Wildman–Crippen MR) is 121 cm³/mol. The van der Waals surface area contributed by atoms with Gasteiger partial charge in [0.2, 0.25) is 0 Å². The lowest BCUT2D eigenvalue weighted by Gasteiger charge is -2.32. The van der Waals surface area contributed by atoms with Gasteiger partial charge in [0.1, 0.15) is 0 Å². The number of amides is 1. The molecule has 4 rings (SSSR count). The van der Waals surface area contributed by atoms with E-state index in [4.69, 9.17) is 10.7 Å². The van der Waals surface area contributed by atoms with Crippen LogP contribution in [0.1, 0.15) is 48.3 Å². The van der Waals surface area contributed by atoms with E-state index in [0.29, 0.717) is 11.4 Å². The average Bonchev–Trinajstić information content (AvgIpc) is 2.73.